The summed E-state index contributed by atoms with van der Waals surface area (Å²) in [5, 5.41) is 3.85. The molecule has 1 heterocycles. The molecule has 0 spiro atoms. The van der Waals surface area contributed by atoms with Crippen molar-refractivity contribution >= 4 is 40.2 Å². The van der Waals surface area contributed by atoms with E-state index in [1.807, 2.05) is 6.92 Å². The zero-order chi connectivity index (χ0) is 21.4. The third-order valence-corrected chi connectivity index (χ3v) is 4.22. The van der Waals surface area contributed by atoms with Gasteiger partial charge in [0.15, 0.2) is 11.2 Å². The molecule has 0 aliphatic rings. The second kappa shape index (κ2) is 10.4. The van der Waals surface area contributed by atoms with Gasteiger partial charge in [0, 0.05) is 30.5 Å². The van der Waals surface area contributed by atoms with E-state index in [2.05, 4.69) is 20.9 Å². The van der Waals surface area contributed by atoms with Crippen molar-refractivity contribution in [1.29, 1.82) is 0 Å². The molecule has 156 valence electrons. The van der Waals surface area contributed by atoms with Crippen LogP contribution in [0.4, 0.5) is 0 Å². The number of aryl methyl sites for hydroxylation is 1. The second-order valence-electron chi connectivity index (χ2n) is 6.22. The molecule has 9 nitrogen and oxygen atoms in total. The Morgan fingerprint density at radius 1 is 1.24 bits per heavy atom. The molecule has 0 radical (unpaired) electrons. The third kappa shape index (κ3) is 6.75. The Morgan fingerprint density at radius 2 is 2.00 bits per heavy atom. The Kier molecular flexibility index (Phi) is 7.96. The maximum atomic E-state index is 12.2. The largest absolute Gasteiger partial charge is 0.481 e. The lowest BCUT2D eigenvalue weighted by molar-refractivity contribution is -0.140. The van der Waals surface area contributed by atoms with Crippen LogP contribution < -0.4 is 26.5 Å². The molecule has 0 fully saturated rings. The van der Waals surface area contributed by atoms with Gasteiger partial charge < -0.3 is 19.2 Å². The third-order valence-electron chi connectivity index (χ3n) is 3.98. The zero-order valence-electron chi connectivity index (χ0n) is 16.4. The van der Waals surface area contributed by atoms with Gasteiger partial charge in [-0.1, -0.05) is 0 Å². The van der Waals surface area contributed by atoms with E-state index in [0.29, 0.717) is 24.3 Å². The summed E-state index contributed by atoms with van der Waals surface area (Å²) in [6.45, 7) is 3.83. The summed E-state index contributed by atoms with van der Waals surface area (Å²) in [7, 11) is 1.33. The predicted molar refractivity (Wildman–Crippen MR) is 110 cm³/mol. The monoisotopic (exact) mass is 421 g/mol. The molecule has 0 saturated heterocycles. The van der Waals surface area contributed by atoms with Crippen LogP contribution in [0.25, 0.3) is 11.0 Å². The molecular formula is C19H23N3O6S. The van der Waals surface area contributed by atoms with Gasteiger partial charge in [0.25, 0.3) is 5.91 Å². The van der Waals surface area contributed by atoms with Crippen LogP contribution in [-0.2, 0) is 14.3 Å². The van der Waals surface area contributed by atoms with Crippen molar-refractivity contribution in [3.8, 4) is 5.75 Å². The van der Waals surface area contributed by atoms with Gasteiger partial charge in [0.2, 0.25) is 0 Å². The number of rotatable bonds is 7. The predicted octanol–water partition coefficient (Wildman–Crippen LogP) is 1.32. The van der Waals surface area contributed by atoms with Gasteiger partial charge in [-0.2, -0.15) is 0 Å². The van der Waals surface area contributed by atoms with Crippen LogP contribution in [0.15, 0.2) is 33.5 Å². The minimum Gasteiger partial charge on any atom is -0.481 e. The summed E-state index contributed by atoms with van der Waals surface area (Å²) in [5.41, 5.74) is 5.73. The molecule has 0 bridgehead atoms. The second-order valence-corrected chi connectivity index (χ2v) is 6.62. The number of fused-ring (bicyclic) bond motifs is 1. The van der Waals surface area contributed by atoms with Crippen molar-refractivity contribution in [2.45, 2.75) is 32.8 Å². The van der Waals surface area contributed by atoms with Crippen molar-refractivity contribution in [2.24, 2.45) is 0 Å². The SMILES string of the molecule is COC(=O)CCCNC(=S)NNC(=O)[C@H](C)Oc1ccc2c(C)cc(=O)oc2c1. The number of benzene rings is 1. The van der Waals surface area contributed by atoms with Crippen LogP contribution in [0.2, 0.25) is 0 Å². The van der Waals surface area contributed by atoms with Gasteiger partial charge in [0.05, 0.1) is 7.11 Å². The molecule has 1 atom stereocenters. The highest BCUT2D eigenvalue weighted by Crippen LogP contribution is 2.22. The Bertz CT molecular complexity index is 959. The van der Waals surface area contributed by atoms with E-state index >= 15 is 0 Å². The number of thiocarbonyl (C=S) groups is 1. The van der Waals surface area contributed by atoms with E-state index in [4.69, 9.17) is 21.4 Å². The molecule has 2 rings (SSSR count). The first-order valence-corrected chi connectivity index (χ1v) is 9.32. The lowest BCUT2D eigenvalue weighted by atomic mass is 10.1. The van der Waals surface area contributed by atoms with Crippen LogP contribution in [-0.4, -0.2) is 36.7 Å². The number of hydrazine groups is 1. The summed E-state index contributed by atoms with van der Waals surface area (Å²) >= 11 is 5.04. The molecule has 2 aromatic rings. The van der Waals surface area contributed by atoms with Gasteiger partial charge in [-0.25, -0.2) is 4.79 Å². The number of hydrogen-bond donors (Lipinski definition) is 3. The first kappa shape index (κ1) is 22.2. The van der Waals surface area contributed by atoms with Gasteiger partial charge in [0.1, 0.15) is 11.3 Å². The average Bonchev–Trinajstić information content (AvgIpc) is 2.68. The van der Waals surface area contributed by atoms with E-state index in [0.717, 1.165) is 10.9 Å². The Balaban J connectivity index is 1.81. The fraction of sp³-hybridized carbons (Fsp3) is 0.368. The van der Waals surface area contributed by atoms with Crippen LogP contribution in [0, 0.1) is 6.92 Å². The van der Waals surface area contributed by atoms with E-state index in [9.17, 15) is 14.4 Å². The normalized spacial score (nSPS) is 11.4. The van der Waals surface area contributed by atoms with E-state index in [-0.39, 0.29) is 17.5 Å². The summed E-state index contributed by atoms with van der Waals surface area (Å²) in [6, 6.07) is 6.44. The molecule has 10 heteroatoms. The molecule has 29 heavy (non-hydrogen) atoms. The van der Waals surface area contributed by atoms with Crippen LogP contribution >= 0.6 is 12.2 Å². The number of nitrogens with one attached hydrogen (secondary N) is 3. The molecular weight excluding hydrogens is 398 g/mol. The van der Waals surface area contributed by atoms with Crippen molar-refractivity contribution in [1.82, 2.24) is 16.2 Å². The number of methoxy groups -OCH3 is 1. The first-order valence-electron chi connectivity index (χ1n) is 8.92. The quantitative estimate of drug-likeness (QED) is 0.200. The van der Waals surface area contributed by atoms with Crippen LogP contribution in [0.1, 0.15) is 25.3 Å². The maximum Gasteiger partial charge on any atom is 0.336 e. The van der Waals surface area contributed by atoms with E-state index < -0.39 is 17.6 Å². The number of carbonyl (C=O) groups is 2. The number of amides is 1. The van der Waals surface area contributed by atoms with Gasteiger partial charge in [-0.05, 0) is 50.2 Å². The molecule has 1 aromatic heterocycles. The van der Waals surface area contributed by atoms with Crippen molar-refractivity contribution < 1.29 is 23.5 Å². The Labute approximate surface area is 172 Å². The number of esters is 1. The minimum absolute atomic E-state index is 0.207. The van der Waals surface area contributed by atoms with Crippen molar-refractivity contribution in [3.63, 3.8) is 0 Å². The van der Waals surface area contributed by atoms with Crippen LogP contribution in [0.5, 0.6) is 5.75 Å². The molecule has 0 unspecified atom stereocenters. The molecule has 3 N–H and O–H groups in total. The zero-order valence-corrected chi connectivity index (χ0v) is 17.2. The van der Waals surface area contributed by atoms with Crippen molar-refractivity contribution in [3.05, 3.63) is 40.2 Å². The fourth-order valence-electron chi connectivity index (χ4n) is 2.44. The van der Waals surface area contributed by atoms with E-state index in [1.165, 1.54) is 13.2 Å². The summed E-state index contributed by atoms with van der Waals surface area (Å²) in [6.07, 6.45) is -0.0209. The highest BCUT2D eigenvalue weighted by Gasteiger charge is 2.15. The highest BCUT2D eigenvalue weighted by molar-refractivity contribution is 7.80. The Morgan fingerprint density at radius 3 is 2.72 bits per heavy atom. The number of ether oxygens (including phenoxy) is 2. The summed E-state index contributed by atoms with van der Waals surface area (Å²) in [4.78, 5) is 34.7. The molecule has 0 aliphatic carbocycles. The van der Waals surface area contributed by atoms with Crippen LogP contribution in [0.3, 0.4) is 0 Å². The fourth-order valence-corrected chi connectivity index (χ4v) is 2.59. The number of hydrogen-bond acceptors (Lipinski definition) is 7. The first-order chi connectivity index (χ1) is 13.8. The minimum atomic E-state index is -0.835. The van der Waals surface area contributed by atoms with Gasteiger partial charge in [-0.15, -0.1) is 0 Å². The molecule has 1 aromatic carbocycles. The lowest BCUT2D eigenvalue weighted by Gasteiger charge is -2.16. The molecule has 0 aliphatic heterocycles. The van der Waals surface area contributed by atoms with Gasteiger partial charge >= 0.3 is 11.6 Å². The Hall–Kier alpha value is -3.14. The summed E-state index contributed by atoms with van der Waals surface area (Å²) < 4.78 is 15.3. The standard InChI is InChI=1S/C19H23N3O6S/c1-11-9-17(24)28-15-10-13(6-7-14(11)15)27-12(2)18(25)21-22-19(29)20-8-4-5-16(23)26-3/h6-7,9-10,12H,4-5,8H2,1-3H3,(H,21,25)(H2,20,22,29)/t12-/m0/s1. The smallest absolute Gasteiger partial charge is 0.336 e. The lowest BCUT2D eigenvalue weighted by Crippen LogP contribution is -2.50. The van der Waals surface area contributed by atoms with E-state index in [1.54, 1.807) is 25.1 Å². The topological polar surface area (TPSA) is 119 Å². The highest BCUT2D eigenvalue weighted by atomic mass is 32.1. The summed E-state index contributed by atoms with van der Waals surface area (Å²) in [5.74, 6) is -0.361. The number of carbonyl (C=O) groups excluding carboxylic acids is 2. The molecule has 1 amide bonds. The van der Waals surface area contributed by atoms with Crippen molar-refractivity contribution in [2.75, 3.05) is 13.7 Å². The van der Waals surface area contributed by atoms with Gasteiger partial charge in [-0.3, -0.25) is 20.4 Å². The molecule has 0 saturated carbocycles. The average molecular weight is 421 g/mol. The maximum absolute atomic E-state index is 12.2.